The Morgan fingerprint density at radius 1 is 1.20 bits per heavy atom. The van der Waals surface area contributed by atoms with Crippen molar-refractivity contribution in [3.63, 3.8) is 0 Å². The summed E-state index contributed by atoms with van der Waals surface area (Å²) in [6, 6.07) is 4.69. The highest BCUT2D eigenvalue weighted by Crippen LogP contribution is 2.34. The van der Waals surface area contributed by atoms with Gasteiger partial charge in [0, 0.05) is 24.2 Å². The number of ether oxygens (including phenoxy) is 1. The molecule has 0 saturated carbocycles. The predicted molar refractivity (Wildman–Crippen MR) is 86.3 cm³/mol. The first-order valence-corrected chi connectivity index (χ1v) is 7.83. The molecule has 0 radical (unpaired) electrons. The largest absolute Gasteiger partial charge is 0.495 e. The van der Waals surface area contributed by atoms with E-state index in [1.807, 2.05) is 4.90 Å². The summed E-state index contributed by atoms with van der Waals surface area (Å²) in [5.41, 5.74) is -0.123. The number of anilines is 2. The lowest BCUT2D eigenvalue weighted by Crippen LogP contribution is -2.27. The van der Waals surface area contributed by atoms with Gasteiger partial charge in [0.25, 0.3) is 11.9 Å². The van der Waals surface area contributed by atoms with E-state index in [-0.39, 0.29) is 0 Å². The van der Waals surface area contributed by atoms with Gasteiger partial charge in [-0.05, 0) is 24.6 Å². The van der Waals surface area contributed by atoms with Crippen molar-refractivity contribution in [1.29, 1.82) is 0 Å². The van der Waals surface area contributed by atoms with Crippen molar-refractivity contribution in [3.8, 4) is 5.75 Å². The Hall–Kier alpha value is -2.22. The van der Waals surface area contributed by atoms with Gasteiger partial charge >= 0.3 is 0 Å². The lowest BCUT2D eigenvalue weighted by molar-refractivity contribution is 0.409. The van der Waals surface area contributed by atoms with E-state index in [1.54, 1.807) is 18.2 Å². The first-order chi connectivity index (χ1) is 11.9. The van der Waals surface area contributed by atoms with Crippen LogP contribution in [0.2, 0.25) is 5.02 Å². The molecule has 134 valence electrons. The predicted octanol–water partition coefficient (Wildman–Crippen LogP) is 3.99. The van der Waals surface area contributed by atoms with E-state index in [1.165, 1.54) is 7.11 Å². The Labute approximate surface area is 146 Å². The minimum atomic E-state index is -1.69. The van der Waals surface area contributed by atoms with Crippen molar-refractivity contribution in [2.45, 2.75) is 12.5 Å². The van der Waals surface area contributed by atoms with E-state index in [0.717, 1.165) is 5.69 Å². The molecule has 1 aromatic heterocycles. The van der Waals surface area contributed by atoms with Crippen LogP contribution in [0.25, 0.3) is 0 Å². The number of benzene rings is 1. The van der Waals surface area contributed by atoms with Crippen LogP contribution in [-0.2, 0) is 0 Å². The van der Waals surface area contributed by atoms with Gasteiger partial charge in [-0.25, -0.2) is 0 Å². The summed E-state index contributed by atoms with van der Waals surface area (Å²) in [7, 11) is 1.52. The van der Waals surface area contributed by atoms with Gasteiger partial charge in [0.15, 0.2) is 0 Å². The lowest BCUT2D eigenvalue weighted by Gasteiger charge is -2.22. The average molecular weight is 376 g/mol. The quantitative estimate of drug-likeness (QED) is 0.647. The summed E-state index contributed by atoms with van der Waals surface area (Å²) >= 11 is 6.01. The molecule has 4 nitrogen and oxygen atoms in total. The topological polar surface area (TPSA) is 37.4 Å². The molecule has 25 heavy (non-hydrogen) atoms. The average Bonchev–Trinajstić information content (AvgIpc) is 3.05. The monoisotopic (exact) mass is 375 g/mol. The number of hydrogen-bond donors (Lipinski definition) is 1. The van der Waals surface area contributed by atoms with Crippen molar-refractivity contribution in [2.75, 3.05) is 30.4 Å². The summed E-state index contributed by atoms with van der Waals surface area (Å²) in [5.74, 6) is -5.86. The number of pyridine rings is 1. The van der Waals surface area contributed by atoms with E-state index in [4.69, 9.17) is 16.3 Å². The van der Waals surface area contributed by atoms with Crippen LogP contribution in [0.4, 0.5) is 28.9 Å². The van der Waals surface area contributed by atoms with Crippen LogP contribution in [0.15, 0.2) is 18.2 Å². The molecule has 0 aliphatic carbocycles. The van der Waals surface area contributed by atoms with Crippen LogP contribution < -0.4 is 15.0 Å². The number of halogens is 5. The van der Waals surface area contributed by atoms with Gasteiger partial charge in [-0.1, -0.05) is 11.6 Å². The molecule has 0 amide bonds. The smallest absolute Gasteiger partial charge is 0.253 e. The molecular weight excluding hydrogens is 362 g/mol. The van der Waals surface area contributed by atoms with Crippen LogP contribution in [0.5, 0.6) is 5.75 Å². The maximum absolute atomic E-state index is 13.7. The SMILES string of the molecule is COc1ccc(Cl)cc1N1CCC(Nc2c(F)c(F)nc(F)c2F)C1. The van der Waals surface area contributed by atoms with E-state index in [0.29, 0.717) is 30.3 Å². The molecule has 1 aromatic carbocycles. The van der Waals surface area contributed by atoms with Gasteiger partial charge in [0.05, 0.1) is 12.8 Å². The van der Waals surface area contributed by atoms with E-state index < -0.39 is 35.3 Å². The van der Waals surface area contributed by atoms with Crippen LogP contribution in [0, 0.1) is 23.5 Å². The third-order valence-electron chi connectivity index (χ3n) is 4.02. The summed E-state index contributed by atoms with van der Waals surface area (Å²) in [6.45, 7) is 0.898. The summed E-state index contributed by atoms with van der Waals surface area (Å²) in [5, 5.41) is 3.04. The minimum Gasteiger partial charge on any atom is -0.495 e. The van der Waals surface area contributed by atoms with Crippen LogP contribution >= 0.6 is 11.6 Å². The molecule has 1 atom stereocenters. The highest BCUT2D eigenvalue weighted by atomic mass is 35.5. The maximum atomic E-state index is 13.7. The van der Waals surface area contributed by atoms with Gasteiger partial charge in [0.2, 0.25) is 11.6 Å². The van der Waals surface area contributed by atoms with Crippen molar-refractivity contribution in [1.82, 2.24) is 4.98 Å². The zero-order valence-corrected chi connectivity index (χ0v) is 13.9. The number of rotatable bonds is 4. The molecule has 1 saturated heterocycles. The van der Waals surface area contributed by atoms with E-state index in [2.05, 4.69) is 10.3 Å². The Morgan fingerprint density at radius 2 is 1.88 bits per heavy atom. The molecule has 2 heterocycles. The van der Waals surface area contributed by atoms with Crippen LogP contribution in [0.3, 0.4) is 0 Å². The zero-order valence-electron chi connectivity index (χ0n) is 13.1. The van der Waals surface area contributed by atoms with Crippen molar-refractivity contribution < 1.29 is 22.3 Å². The molecule has 0 bridgehead atoms. The molecule has 0 spiro atoms. The minimum absolute atomic E-state index is 0.348. The molecule has 1 N–H and O–H groups in total. The lowest BCUT2D eigenvalue weighted by atomic mass is 10.2. The Morgan fingerprint density at radius 3 is 2.52 bits per heavy atom. The second kappa shape index (κ2) is 6.95. The Balaban J connectivity index is 1.80. The van der Waals surface area contributed by atoms with Gasteiger partial charge in [-0.15, -0.1) is 0 Å². The molecule has 1 aliphatic rings. The van der Waals surface area contributed by atoms with Crippen molar-refractivity contribution >= 4 is 23.0 Å². The molecule has 1 fully saturated rings. The third kappa shape index (κ3) is 3.44. The maximum Gasteiger partial charge on any atom is 0.253 e. The third-order valence-corrected chi connectivity index (χ3v) is 4.25. The highest BCUT2D eigenvalue weighted by molar-refractivity contribution is 6.30. The summed E-state index contributed by atoms with van der Waals surface area (Å²) in [4.78, 5) is 4.45. The number of methoxy groups -OCH3 is 1. The molecule has 1 unspecified atom stereocenters. The fraction of sp³-hybridized carbons (Fsp3) is 0.312. The van der Waals surface area contributed by atoms with Crippen LogP contribution in [0.1, 0.15) is 6.42 Å². The van der Waals surface area contributed by atoms with Gasteiger partial charge in [-0.3, -0.25) is 0 Å². The summed E-state index contributed by atoms with van der Waals surface area (Å²) in [6.07, 6.45) is 0.500. The molecule has 1 aliphatic heterocycles. The van der Waals surface area contributed by atoms with Gasteiger partial charge in [0.1, 0.15) is 11.4 Å². The fourth-order valence-electron chi connectivity index (χ4n) is 2.82. The first-order valence-electron chi connectivity index (χ1n) is 7.45. The number of nitrogens with one attached hydrogen (secondary N) is 1. The number of hydrogen-bond acceptors (Lipinski definition) is 4. The molecule has 9 heteroatoms. The highest BCUT2D eigenvalue weighted by Gasteiger charge is 2.28. The fourth-order valence-corrected chi connectivity index (χ4v) is 2.99. The first kappa shape index (κ1) is 17.6. The Bertz CT molecular complexity index is 779. The second-order valence-electron chi connectivity index (χ2n) is 5.59. The van der Waals surface area contributed by atoms with E-state index >= 15 is 0 Å². The standard InChI is InChI=1S/C16H14ClF4N3O/c1-25-11-3-2-8(17)6-10(11)24-5-4-9(7-24)22-14-12(18)15(20)23-16(21)13(14)19/h2-3,6,9H,4-5,7H2,1H3,(H,22,23). The van der Waals surface area contributed by atoms with E-state index in [9.17, 15) is 17.6 Å². The number of aromatic nitrogens is 1. The van der Waals surface area contributed by atoms with Crippen LogP contribution in [-0.4, -0.2) is 31.2 Å². The summed E-state index contributed by atoms with van der Waals surface area (Å²) < 4.78 is 59.2. The Kier molecular flexibility index (Phi) is 4.89. The van der Waals surface area contributed by atoms with Gasteiger partial charge < -0.3 is 15.0 Å². The number of nitrogens with zero attached hydrogens (tertiary/aromatic N) is 2. The molecule has 2 aromatic rings. The normalized spacial score (nSPS) is 17.0. The van der Waals surface area contributed by atoms with Crippen molar-refractivity contribution in [2.24, 2.45) is 0 Å². The second-order valence-corrected chi connectivity index (χ2v) is 6.02. The zero-order chi connectivity index (χ0) is 18.1. The molecular formula is C16H14ClF4N3O. The van der Waals surface area contributed by atoms with Gasteiger partial charge in [-0.2, -0.15) is 22.5 Å². The van der Waals surface area contributed by atoms with Crippen molar-refractivity contribution in [3.05, 3.63) is 46.8 Å². The molecule has 3 rings (SSSR count).